The van der Waals surface area contributed by atoms with Gasteiger partial charge in [-0.25, -0.2) is 4.79 Å². The van der Waals surface area contributed by atoms with E-state index in [1.807, 2.05) is 0 Å². The quantitative estimate of drug-likeness (QED) is 0.625. The third kappa shape index (κ3) is 2.37. The van der Waals surface area contributed by atoms with Crippen LogP contribution in [0.2, 0.25) is 0 Å². The second-order valence-electron chi connectivity index (χ2n) is 3.54. The van der Waals surface area contributed by atoms with Gasteiger partial charge in [-0.2, -0.15) is 0 Å². The Kier molecular flexibility index (Phi) is 2.86. The van der Waals surface area contributed by atoms with Gasteiger partial charge in [0.05, 0.1) is 19.3 Å². The minimum Gasteiger partial charge on any atom is -0.377 e. The Morgan fingerprint density at radius 3 is 2.88 bits per heavy atom. The Morgan fingerprint density at radius 1 is 1.56 bits per heavy atom. The van der Waals surface area contributed by atoms with Gasteiger partial charge >= 0.3 is 5.69 Å². The summed E-state index contributed by atoms with van der Waals surface area (Å²) >= 11 is 0. The van der Waals surface area contributed by atoms with Gasteiger partial charge in [0.2, 0.25) is 5.91 Å². The van der Waals surface area contributed by atoms with Crippen LogP contribution in [0.1, 0.15) is 0 Å². The zero-order valence-electron chi connectivity index (χ0n) is 8.43. The van der Waals surface area contributed by atoms with Gasteiger partial charge in [-0.15, -0.1) is 0 Å². The maximum atomic E-state index is 11.4. The standard InChI is InChI=1S/C9H11N3O4/c13-7-1-2-12(9(15)11-7)3-8(14)10-6-4-16-5-6/h1-2,6H,3-5H2,(H,10,14)(H,11,13,15). The molecule has 2 heterocycles. The van der Waals surface area contributed by atoms with Crippen molar-refractivity contribution in [2.45, 2.75) is 12.6 Å². The summed E-state index contributed by atoms with van der Waals surface area (Å²) in [5, 5.41) is 2.69. The predicted molar refractivity (Wildman–Crippen MR) is 54.1 cm³/mol. The lowest BCUT2D eigenvalue weighted by molar-refractivity contribution is -0.125. The van der Waals surface area contributed by atoms with Crippen LogP contribution in [0.5, 0.6) is 0 Å². The summed E-state index contributed by atoms with van der Waals surface area (Å²) in [4.78, 5) is 35.5. The summed E-state index contributed by atoms with van der Waals surface area (Å²) in [5.74, 6) is -0.276. The predicted octanol–water partition coefficient (Wildman–Crippen LogP) is -1.95. The summed E-state index contributed by atoms with van der Waals surface area (Å²) < 4.78 is 6.03. The molecule has 1 saturated heterocycles. The maximum absolute atomic E-state index is 11.4. The lowest BCUT2D eigenvalue weighted by atomic mass is 10.2. The number of nitrogens with one attached hydrogen (secondary N) is 2. The van der Waals surface area contributed by atoms with Crippen molar-refractivity contribution in [1.29, 1.82) is 0 Å². The first-order valence-corrected chi connectivity index (χ1v) is 4.82. The molecule has 0 unspecified atom stereocenters. The van der Waals surface area contributed by atoms with Crippen LogP contribution >= 0.6 is 0 Å². The lowest BCUT2D eigenvalue weighted by Gasteiger charge is -2.26. The van der Waals surface area contributed by atoms with Crippen molar-refractivity contribution in [3.05, 3.63) is 33.1 Å². The van der Waals surface area contributed by atoms with E-state index in [0.29, 0.717) is 13.2 Å². The molecule has 1 fully saturated rings. The number of carbonyl (C=O) groups is 1. The molecule has 7 nitrogen and oxygen atoms in total. The molecule has 0 atom stereocenters. The minimum atomic E-state index is -0.590. The van der Waals surface area contributed by atoms with Gasteiger partial charge in [0.1, 0.15) is 6.54 Å². The Bertz CT molecular complexity index is 500. The Balaban J connectivity index is 2.00. The molecule has 16 heavy (non-hydrogen) atoms. The lowest BCUT2D eigenvalue weighted by Crippen LogP contribution is -2.50. The first-order valence-electron chi connectivity index (χ1n) is 4.82. The van der Waals surface area contributed by atoms with Crippen LogP contribution in [0.4, 0.5) is 0 Å². The topological polar surface area (TPSA) is 93.2 Å². The highest BCUT2D eigenvalue weighted by Crippen LogP contribution is 1.98. The average molecular weight is 225 g/mol. The Hall–Kier alpha value is -1.89. The fourth-order valence-corrected chi connectivity index (χ4v) is 1.32. The number of rotatable bonds is 3. The van der Waals surface area contributed by atoms with Crippen molar-refractivity contribution >= 4 is 5.91 Å². The molecule has 86 valence electrons. The SMILES string of the molecule is O=C(Cn1ccc(=O)[nH]c1=O)NC1COC1. The molecule has 0 aliphatic carbocycles. The number of H-pyrrole nitrogens is 1. The highest BCUT2D eigenvalue weighted by Gasteiger charge is 2.20. The Morgan fingerprint density at radius 2 is 2.31 bits per heavy atom. The molecule has 1 aromatic rings. The first-order chi connectivity index (χ1) is 7.65. The van der Waals surface area contributed by atoms with Crippen LogP contribution in [-0.2, 0) is 16.1 Å². The van der Waals surface area contributed by atoms with Crippen LogP contribution in [-0.4, -0.2) is 34.7 Å². The minimum absolute atomic E-state index is 0.0333. The highest BCUT2D eigenvalue weighted by molar-refractivity contribution is 5.76. The van der Waals surface area contributed by atoms with E-state index in [0.717, 1.165) is 4.57 Å². The summed E-state index contributed by atoms with van der Waals surface area (Å²) in [6.07, 6.45) is 1.29. The van der Waals surface area contributed by atoms with Crippen LogP contribution in [0.25, 0.3) is 0 Å². The van der Waals surface area contributed by atoms with Gasteiger partial charge in [-0.1, -0.05) is 0 Å². The maximum Gasteiger partial charge on any atom is 0.328 e. The van der Waals surface area contributed by atoms with Crippen molar-refractivity contribution < 1.29 is 9.53 Å². The number of hydrogen-bond acceptors (Lipinski definition) is 4. The van der Waals surface area contributed by atoms with Gasteiger partial charge < -0.3 is 10.1 Å². The summed E-state index contributed by atoms with van der Waals surface area (Å²) in [5.41, 5.74) is -1.07. The van der Waals surface area contributed by atoms with Crippen molar-refractivity contribution in [3.63, 3.8) is 0 Å². The normalized spacial score (nSPS) is 15.5. The third-order valence-electron chi connectivity index (χ3n) is 2.21. The molecule has 0 aromatic carbocycles. The van der Waals surface area contributed by atoms with Gasteiger partial charge in [-0.05, 0) is 0 Å². The third-order valence-corrected chi connectivity index (χ3v) is 2.21. The van der Waals surface area contributed by atoms with Crippen LogP contribution in [0.15, 0.2) is 21.9 Å². The van der Waals surface area contributed by atoms with Crippen molar-refractivity contribution in [3.8, 4) is 0 Å². The smallest absolute Gasteiger partial charge is 0.328 e. The summed E-state index contributed by atoms with van der Waals surface area (Å²) in [7, 11) is 0. The van der Waals surface area contributed by atoms with Crippen molar-refractivity contribution in [2.75, 3.05) is 13.2 Å². The van der Waals surface area contributed by atoms with E-state index in [1.54, 1.807) is 0 Å². The zero-order valence-corrected chi connectivity index (χ0v) is 8.43. The summed E-state index contributed by atoms with van der Waals surface area (Å²) in [6.45, 7) is 0.907. The van der Waals surface area contributed by atoms with E-state index in [-0.39, 0.29) is 18.5 Å². The molecule has 1 amide bonds. The van der Waals surface area contributed by atoms with E-state index >= 15 is 0 Å². The number of carbonyl (C=O) groups excluding carboxylic acids is 1. The number of aromatic amines is 1. The zero-order chi connectivity index (χ0) is 11.5. The largest absolute Gasteiger partial charge is 0.377 e. The van der Waals surface area contributed by atoms with E-state index in [9.17, 15) is 14.4 Å². The molecule has 0 saturated carbocycles. The molecule has 0 spiro atoms. The number of amides is 1. The number of ether oxygens (including phenoxy) is 1. The molecule has 1 aliphatic rings. The monoisotopic (exact) mass is 225 g/mol. The second-order valence-corrected chi connectivity index (χ2v) is 3.54. The molecular formula is C9H11N3O4. The van der Waals surface area contributed by atoms with E-state index in [2.05, 4.69) is 10.3 Å². The van der Waals surface area contributed by atoms with Gasteiger partial charge in [0.25, 0.3) is 5.56 Å². The molecule has 1 aliphatic heterocycles. The average Bonchev–Trinajstić information content (AvgIpc) is 2.16. The Labute approximate surface area is 90.0 Å². The van der Waals surface area contributed by atoms with E-state index in [1.165, 1.54) is 12.3 Å². The molecule has 7 heteroatoms. The van der Waals surface area contributed by atoms with Crippen LogP contribution in [0, 0.1) is 0 Å². The number of aromatic nitrogens is 2. The van der Waals surface area contributed by atoms with Crippen molar-refractivity contribution in [1.82, 2.24) is 14.9 Å². The molecule has 1 aromatic heterocycles. The van der Waals surface area contributed by atoms with Crippen molar-refractivity contribution in [2.24, 2.45) is 0 Å². The van der Waals surface area contributed by atoms with E-state index < -0.39 is 11.2 Å². The van der Waals surface area contributed by atoms with Gasteiger partial charge in [-0.3, -0.25) is 19.1 Å². The van der Waals surface area contributed by atoms with Crippen LogP contribution < -0.4 is 16.6 Å². The first kappa shape index (κ1) is 10.6. The van der Waals surface area contributed by atoms with Gasteiger partial charge in [0.15, 0.2) is 0 Å². The van der Waals surface area contributed by atoms with Crippen LogP contribution in [0.3, 0.4) is 0 Å². The molecule has 0 radical (unpaired) electrons. The molecular weight excluding hydrogens is 214 g/mol. The fraction of sp³-hybridized carbons (Fsp3) is 0.444. The summed E-state index contributed by atoms with van der Waals surface area (Å²) in [6, 6.07) is 1.23. The highest BCUT2D eigenvalue weighted by atomic mass is 16.5. The molecule has 2 rings (SSSR count). The second kappa shape index (κ2) is 4.31. The van der Waals surface area contributed by atoms with Gasteiger partial charge in [0, 0.05) is 12.3 Å². The number of hydrogen-bond donors (Lipinski definition) is 2. The van der Waals surface area contributed by atoms with E-state index in [4.69, 9.17) is 4.74 Å². The fourth-order valence-electron chi connectivity index (χ4n) is 1.32. The molecule has 2 N–H and O–H groups in total. The molecule has 0 bridgehead atoms. The number of nitrogens with zero attached hydrogens (tertiary/aromatic N) is 1.